The summed E-state index contributed by atoms with van der Waals surface area (Å²) in [5.74, 6) is 0. The second kappa shape index (κ2) is 11.7. The Bertz CT molecular complexity index is 1450. The lowest BCUT2D eigenvalue weighted by atomic mass is 9.80. The molecule has 1 heterocycles. The highest BCUT2D eigenvalue weighted by Gasteiger charge is 2.36. The van der Waals surface area contributed by atoms with E-state index in [1.807, 2.05) is 0 Å². The molecule has 198 valence electrons. The van der Waals surface area contributed by atoms with E-state index < -0.39 is 5.60 Å². The Kier molecular flexibility index (Phi) is 8.16. The van der Waals surface area contributed by atoms with Crippen LogP contribution in [0, 0.1) is 0 Å². The second-order valence-electron chi connectivity index (χ2n) is 11.0. The van der Waals surface area contributed by atoms with E-state index in [2.05, 4.69) is 116 Å². The number of aromatic nitrogens is 1. The van der Waals surface area contributed by atoms with Crippen LogP contribution in [0.5, 0.6) is 0 Å². The Balaban J connectivity index is 1.55. The van der Waals surface area contributed by atoms with E-state index in [0.29, 0.717) is 0 Å². The van der Waals surface area contributed by atoms with Crippen molar-refractivity contribution in [3.63, 3.8) is 0 Å². The van der Waals surface area contributed by atoms with E-state index >= 15 is 0 Å². The average molecular weight is 507 g/mol. The quantitative estimate of drug-likeness (QED) is 0.167. The summed E-state index contributed by atoms with van der Waals surface area (Å²) in [6.07, 6.45) is 8.94. The minimum absolute atomic E-state index is 0.0517. The van der Waals surface area contributed by atoms with Crippen LogP contribution in [0.1, 0.15) is 63.5 Å². The standard InChI is InChI=1S/C35H42N2O/c1-4-6-20-35(38,21-7-5-2)34(23-28-25-37(3)33-19-13-12-18-31(28)33)36-24-32-29-16-10-8-14-26(29)22-27-15-9-11-17-30(27)32/h8-19,22,25,34,36,38H,4-7,20-21,23-24H2,1-3H3/t34-/m0/s1. The summed E-state index contributed by atoms with van der Waals surface area (Å²) in [5, 5.41) is 22.6. The molecule has 3 heteroatoms. The highest BCUT2D eigenvalue weighted by molar-refractivity contribution is 6.02. The van der Waals surface area contributed by atoms with E-state index in [1.54, 1.807) is 0 Å². The number of fused-ring (bicyclic) bond motifs is 3. The van der Waals surface area contributed by atoms with Gasteiger partial charge in [-0.1, -0.05) is 106 Å². The summed E-state index contributed by atoms with van der Waals surface area (Å²) in [5.41, 5.74) is 3.10. The molecule has 38 heavy (non-hydrogen) atoms. The first kappa shape index (κ1) is 26.5. The number of nitrogens with one attached hydrogen (secondary N) is 1. The van der Waals surface area contributed by atoms with Crippen LogP contribution in [0.15, 0.2) is 85.1 Å². The minimum Gasteiger partial charge on any atom is -0.388 e. The van der Waals surface area contributed by atoms with E-state index in [-0.39, 0.29) is 6.04 Å². The summed E-state index contributed by atoms with van der Waals surface area (Å²) in [6, 6.07) is 28.2. The maximum absolute atomic E-state index is 12.3. The third-order valence-electron chi connectivity index (χ3n) is 8.39. The van der Waals surface area contributed by atoms with Gasteiger partial charge >= 0.3 is 0 Å². The molecular weight excluding hydrogens is 464 g/mol. The third-order valence-corrected chi connectivity index (χ3v) is 8.39. The molecule has 0 unspecified atom stereocenters. The van der Waals surface area contributed by atoms with Gasteiger partial charge in [-0.2, -0.15) is 0 Å². The molecule has 0 aliphatic carbocycles. The number of aliphatic hydroxyl groups is 1. The maximum atomic E-state index is 12.3. The molecule has 0 bridgehead atoms. The van der Waals surface area contributed by atoms with Crippen molar-refractivity contribution in [2.75, 3.05) is 0 Å². The van der Waals surface area contributed by atoms with Crippen molar-refractivity contribution in [2.24, 2.45) is 7.05 Å². The Morgan fingerprint density at radius 2 is 1.34 bits per heavy atom. The van der Waals surface area contributed by atoms with Crippen LogP contribution in [0.2, 0.25) is 0 Å². The van der Waals surface area contributed by atoms with Gasteiger partial charge in [0.2, 0.25) is 0 Å². The van der Waals surface area contributed by atoms with Crippen LogP contribution in [0.25, 0.3) is 32.4 Å². The number of para-hydroxylation sites is 1. The SMILES string of the molecule is CCCCC(O)(CCCC)[C@H](Cc1cn(C)c2ccccc12)NCc1c2ccccc2cc2ccccc12. The maximum Gasteiger partial charge on any atom is 0.0803 e. The molecule has 0 saturated carbocycles. The Morgan fingerprint density at radius 3 is 1.95 bits per heavy atom. The van der Waals surface area contributed by atoms with Crippen LogP contribution < -0.4 is 5.32 Å². The monoisotopic (exact) mass is 506 g/mol. The molecule has 0 aliphatic rings. The van der Waals surface area contributed by atoms with Crippen LogP contribution in [0.3, 0.4) is 0 Å². The number of hydrogen-bond acceptors (Lipinski definition) is 2. The van der Waals surface area contributed by atoms with E-state index in [0.717, 1.165) is 51.5 Å². The van der Waals surface area contributed by atoms with Gasteiger partial charge in [-0.15, -0.1) is 0 Å². The summed E-state index contributed by atoms with van der Waals surface area (Å²) in [4.78, 5) is 0. The summed E-state index contributed by atoms with van der Waals surface area (Å²) >= 11 is 0. The number of benzene rings is 4. The largest absolute Gasteiger partial charge is 0.388 e. The van der Waals surface area contributed by atoms with Gasteiger partial charge < -0.3 is 15.0 Å². The van der Waals surface area contributed by atoms with Gasteiger partial charge in [0.1, 0.15) is 0 Å². The predicted octanol–water partition coefficient (Wildman–Crippen LogP) is 8.30. The molecule has 0 spiro atoms. The van der Waals surface area contributed by atoms with Gasteiger partial charge in [-0.05, 0) is 64.1 Å². The van der Waals surface area contributed by atoms with Gasteiger partial charge in [0, 0.05) is 36.7 Å². The van der Waals surface area contributed by atoms with Crippen molar-refractivity contribution in [3.05, 3.63) is 96.2 Å². The molecule has 0 aliphatic heterocycles. The minimum atomic E-state index is -0.761. The topological polar surface area (TPSA) is 37.2 Å². The van der Waals surface area contributed by atoms with Crippen molar-refractivity contribution < 1.29 is 5.11 Å². The smallest absolute Gasteiger partial charge is 0.0803 e. The summed E-state index contributed by atoms with van der Waals surface area (Å²) in [6.45, 7) is 5.16. The second-order valence-corrected chi connectivity index (χ2v) is 11.0. The number of hydrogen-bond donors (Lipinski definition) is 2. The van der Waals surface area contributed by atoms with Gasteiger partial charge in [-0.3, -0.25) is 0 Å². The molecule has 5 aromatic rings. The molecular formula is C35H42N2O. The molecule has 3 nitrogen and oxygen atoms in total. The molecule has 0 fully saturated rings. The molecule has 2 N–H and O–H groups in total. The molecule has 1 atom stereocenters. The normalized spacial score (nSPS) is 13.1. The van der Waals surface area contributed by atoms with Crippen molar-refractivity contribution >= 4 is 32.4 Å². The highest BCUT2D eigenvalue weighted by Crippen LogP contribution is 2.32. The zero-order valence-electron chi connectivity index (χ0n) is 23.2. The van der Waals surface area contributed by atoms with Gasteiger partial charge in [0.15, 0.2) is 0 Å². The van der Waals surface area contributed by atoms with E-state index in [1.165, 1.54) is 43.6 Å². The fourth-order valence-corrected chi connectivity index (χ4v) is 6.22. The van der Waals surface area contributed by atoms with E-state index in [4.69, 9.17) is 0 Å². The zero-order chi connectivity index (χ0) is 26.5. The highest BCUT2D eigenvalue weighted by atomic mass is 16.3. The van der Waals surface area contributed by atoms with Crippen molar-refractivity contribution in [1.29, 1.82) is 0 Å². The molecule has 4 aromatic carbocycles. The first-order valence-corrected chi connectivity index (χ1v) is 14.4. The van der Waals surface area contributed by atoms with Gasteiger partial charge in [0.05, 0.1) is 5.60 Å². The predicted molar refractivity (Wildman–Crippen MR) is 163 cm³/mol. The van der Waals surface area contributed by atoms with Crippen LogP contribution in [-0.4, -0.2) is 21.3 Å². The van der Waals surface area contributed by atoms with Crippen LogP contribution >= 0.6 is 0 Å². The fourth-order valence-electron chi connectivity index (χ4n) is 6.22. The van der Waals surface area contributed by atoms with E-state index in [9.17, 15) is 5.11 Å². The summed E-state index contributed by atoms with van der Waals surface area (Å²) in [7, 11) is 2.12. The first-order valence-electron chi connectivity index (χ1n) is 14.4. The van der Waals surface area contributed by atoms with Gasteiger partial charge in [-0.25, -0.2) is 0 Å². The third kappa shape index (κ3) is 5.36. The van der Waals surface area contributed by atoms with Crippen molar-refractivity contribution in [1.82, 2.24) is 9.88 Å². The van der Waals surface area contributed by atoms with Crippen molar-refractivity contribution in [3.8, 4) is 0 Å². The molecule has 0 radical (unpaired) electrons. The Morgan fingerprint density at radius 1 is 0.789 bits per heavy atom. The lowest BCUT2D eigenvalue weighted by Crippen LogP contribution is -2.52. The van der Waals surface area contributed by atoms with Crippen LogP contribution in [-0.2, 0) is 20.0 Å². The molecule has 0 saturated heterocycles. The number of unbranched alkanes of at least 4 members (excludes halogenated alkanes) is 2. The van der Waals surface area contributed by atoms with Crippen LogP contribution in [0.4, 0.5) is 0 Å². The lowest BCUT2D eigenvalue weighted by molar-refractivity contribution is -0.0183. The molecule has 1 aromatic heterocycles. The average Bonchev–Trinajstić information content (AvgIpc) is 3.27. The molecule has 0 amide bonds. The Labute approximate surface area is 227 Å². The number of rotatable bonds is 12. The summed E-state index contributed by atoms with van der Waals surface area (Å²) < 4.78 is 2.22. The van der Waals surface area contributed by atoms with Crippen molar-refractivity contribution in [2.45, 2.75) is 77.0 Å². The Hall–Kier alpha value is -3.14. The lowest BCUT2D eigenvalue weighted by Gasteiger charge is -2.38. The zero-order valence-corrected chi connectivity index (χ0v) is 23.2. The van der Waals surface area contributed by atoms with Gasteiger partial charge in [0.25, 0.3) is 0 Å². The molecule has 5 rings (SSSR count). The first-order chi connectivity index (χ1) is 18.5. The number of nitrogens with zero attached hydrogens (tertiary/aromatic N) is 1. The fraction of sp³-hybridized carbons (Fsp3) is 0.371. The number of aryl methyl sites for hydroxylation is 1.